The lowest BCUT2D eigenvalue weighted by Gasteiger charge is -2.21. The first-order valence-electron chi connectivity index (χ1n) is 7.14. The summed E-state index contributed by atoms with van der Waals surface area (Å²) in [4.78, 5) is 7.16. The molecule has 2 fully saturated rings. The highest BCUT2D eigenvalue weighted by atomic mass is 35.5. The molecule has 1 saturated heterocycles. The normalized spacial score (nSPS) is 22.1. The third kappa shape index (κ3) is 3.44. The summed E-state index contributed by atoms with van der Waals surface area (Å²) in [6, 6.07) is 5.49. The molecule has 0 radical (unpaired) electrons. The van der Waals surface area contributed by atoms with Gasteiger partial charge < -0.3 is 4.90 Å². The van der Waals surface area contributed by atoms with Gasteiger partial charge in [-0.15, -0.1) is 0 Å². The predicted octanol–water partition coefficient (Wildman–Crippen LogP) is 5.22. The second-order valence-corrected chi connectivity index (χ2v) is 7.34. The lowest BCUT2D eigenvalue weighted by Crippen LogP contribution is -2.29. The van der Waals surface area contributed by atoms with Crippen molar-refractivity contribution in [2.45, 2.75) is 25.7 Å². The van der Waals surface area contributed by atoms with Crippen molar-refractivity contribution < 1.29 is 0 Å². The fraction of sp³-hybridized carbons (Fsp3) is 0.533. The lowest BCUT2D eigenvalue weighted by atomic mass is 10.1. The molecule has 1 aliphatic carbocycles. The SMILES string of the molecule is Clc1ccc(/N=C2\SCCN2CC2CCCC2)c(Cl)c1. The molecular weight excluding hydrogens is 311 g/mol. The fourth-order valence-electron chi connectivity index (χ4n) is 2.89. The van der Waals surface area contributed by atoms with Gasteiger partial charge in [-0.2, -0.15) is 0 Å². The van der Waals surface area contributed by atoms with E-state index in [9.17, 15) is 0 Å². The van der Waals surface area contributed by atoms with Crippen LogP contribution in [0.2, 0.25) is 10.0 Å². The Balaban J connectivity index is 1.74. The maximum Gasteiger partial charge on any atom is 0.164 e. The van der Waals surface area contributed by atoms with Crippen LogP contribution >= 0.6 is 35.0 Å². The molecule has 0 unspecified atom stereocenters. The molecule has 1 aromatic carbocycles. The number of halogens is 2. The Bertz CT molecular complexity index is 513. The zero-order valence-corrected chi connectivity index (χ0v) is 13.6. The Kier molecular flexibility index (Phi) is 4.79. The smallest absolute Gasteiger partial charge is 0.164 e. The number of nitrogens with zero attached hydrogens (tertiary/aromatic N) is 2. The zero-order chi connectivity index (χ0) is 13.9. The molecule has 3 rings (SSSR count). The molecule has 0 atom stereocenters. The maximum atomic E-state index is 6.21. The van der Waals surface area contributed by atoms with E-state index in [0.29, 0.717) is 10.0 Å². The maximum absolute atomic E-state index is 6.21. The van der Waals surface area contributed by atoms with Crippen molar-refractivity contribution in [3.8, 4) is 0 Å². The molecule has 0 N–H and O–H groups in total. The molecule has 0 bridgehead atoms. The quantitative estimate of drug-likeness (QED) is 0.755. The van der Waals surface area contributed by atoms with Gasteiger partial charge in [0, 0.05) is 23.9 Å². The summed E-state index contributed by atoms with van der Waals surface area (Å²) in [5, 5.41) is 2.39. The van der Waals surface area contributed by atoms with Crippen molar-refractivity contribution in [1.29, 1.82) is 0 Å². The van der Waals surface area contributed by atoms with E-state index in [0.717, 1.165) is 35.6 Å². The van der Waals surface area contributed by atoms with Crippen LogP contribution in [-0.4, -0.2) is 28.9 Å². The molecule has 20 heavy (non-hydrogen) atoms. The average molecular weight is 329 g/mol. The minimum atomic E-state index is 0.623. The summed E-state index contributed by atoms with van der Waals surface area (Å²) < 4.78 is 0. The molecule has 2 aliphatic rings. The number of thioether (sulfide) groups is 1. The summed E-state index contributed by atoms with van der Waals surface area (Å²) in [5.74, 6) is 1.97. The molecular formula is C15H18Cl2N2S. The third-order valence-corrected chi connectivity index (χ3v) is 5.47. The summed E-state index contributed by atoms with van der Waals surface area (Å²) in [5.41, 5.74) is 0.817. The first-order valence-corrected chi connectivity index (χ1v) is 8.88. The van der Waals surface area contributed by atoms with Crippen LogP contribution in [0.5, 0.6) is 0 Å². The molecule has 1 aliphatic heterocycles. The van der Waals surface area contributed by atoms with E-state index in [1.165, 1.54) is 25.7 Å². The molecule has 0 spiro atoms. The van der Waals surface area contributed by atoms with Gasteiger partial charge in [0.05, 0.1) is 10.7 Å². The Morgan fingerprint density at radius 2 is 2.05 bits per heavy atom. The summed E-state index contributed by atoms with van der Waals surface area (Å²) in [6.07, 6.45) is 5.52. The van der Waals surface area contributed by atoms with Crippen LogP contribution in [0.25, 0.3) is 0 Å². The van der Waals surface area contributed by atoms with Crippen LogP contribution in [-0.2, 0) is 0 Å². The Hall–Kier alpha value is -0.380. The highest BCUT2D eigenvalue weighted by Crippen LogP contribution is 2.32. The highest BCUT2D eigenvalue weighted by molar-refractivity contribution is 8.14. The zero-order valence-electron chi connectivity index (χ0n) is 11.3. The van der Waals surface area contributed by atoms with E-state index in [1.807, 2.05) is 23.9 Å². The van der Waals surface area contributed by atoms with Crippen LogP contribution in [0.15, 0.2) is 23.2 Å². The molecule has 5 heteroatoms. The summed E-state index contributed by atoms with van der Waals surface area (Å²) in [7, 11) is 0. The van der Waals surface area contributed by atoms with E-state index in [-0.39, 0.29) is 0 Å². The van der Waals surface area contributed by atoms with Crippen molar-refractivity contribution in [1.82, 2.24) is 4.90 Å². The van der Waals surface area contributed by atoms with Crippen molar-refractivity contribution in [2.75, 3.05) is 18.8 Å². The van der Waals surface area contributed by atoms with E-state index < -0.39 is 0 Å². The monoisotopic (exact) mass is 328 g/mol. The van der Waals surface area contributed by atoms with Gasteiger partial charge in [-0.05, 0) is 37.0 Å². The van der Waals surface area contributed by atoms with Gasteiger partial charge in [0.25, 0.3) is 0 Å². The molecule has 1 aromatic rings. The highest BCUT2D eigenvalue weighted by Gasteiger charge is 2.24. The van der Waals surface area contributed by atoms with Gasteiger partial charge in [0.1, 0.15) is 0 Å². The lowest BCUT2D eigenvalue weighted by molar-refractivity contribution is 0.366. The molecule has 0 aromatic heterocycles. The second kappa shape index (κ2) is 6.59. The first kappa shape index (κ1) is 14.6. The van der Waals surface area contributed by atoms with Gasteiger partial charge in [-0.1, -0.05) is 47.8 Å². The topological polar surface area (TPSA) is 15.6 Å². The number of hydrogen-bond acceptors (Lipinski definition) is 2. The Morgan fingerprint density at radius 3 is 2.80 bits per heavy atom. The van der Waals surface area contributed by atoms with E-state index >= 15 is 0 Å². The van der Waals surface area contributed by atoms with E-state index in [2.05, 4.69) is 4.90 Å². The van der Waals surface area contributed by atoms with Crippen LogP contribution in [0.4, 0.5) is 5.69 Å². The summed E-state index contributed by atoms with van der Waals surface area (Å²) in [6.45, 7) is 2.25. The largest absolute Gasteiger partial charge is 0.350 e. The standard InChI is InChI=1S/C15H18Cl2N2S/c16-12-5-6-14(13(17)9-12)18-15-19(7-8-20-15)10-11-3-1-2-4-11/h5-6,9,11H,1-4,7-8,10H2/b18-15-. The van der Waals surface area contributed by atoms with Crippen molar-refractivity contribution in [2.24, 2.45) is 10.9 Å². The van der Waals surface area contributed by atoms with E-state index in [4.69, 9.17) is 28.2 Å². The number of amidine groups is 1. The Morgan fingerprint density at radius 1 is 1.25 bits per heavy atom. The number of hydrogen-bond donors (Lipinski definition) is 0. The van der Waals surface area contributed by atoms with Gasteiger partial charge in [0.2, 0.25) is 0 Å². The van der Waals surface area contributed by atoms with Crippen LogP contribution in [0, 0.1) is 5.92 Å². The average Bonchev–Trinajstić information content (AvgIpc) is 3.06. The van der Waals surface area contributed by atoms with Crippen LogP contribution in [0.3, 0.4) is 0 Å². The second-order valence-electron chi connectivity index (χ2n) is 5.44. The number of aliphatic imine (C=N–C) groups is 1. The third-order valence-electron chi connectivity index (χ3n) is 3.94. The minimum Gasteiger partial charge on any atom is -0.350 e. The Labute approximate surface area is 134 Å². The van der Waals surface area contributed by atoms with Gasteiger partial charge in [0.15, 0.2) is 5.17 Å². The van der Waals surface area contributed by atoms with Gasteiger partial charge >= 0.3 is 0 Å². The van der Waals surface area contributed by atoms with Crippen LogP contribution in [0.1, 0.15) is 25.7 Å². The summed E-state index contributed by atoms with van der Waals surface area (Å²) >= 11 is 14.0. The molecule has 108 valence electrons. The minimum absolute atomic E-state index is 0.623. The van der Waals surface area contributed by atoms with Gasteiger partial charge in [-0.25, -0.2) is 4.99 Å². The fourth-order valence-corrected chi connectivity index (χ4v) is 4.34. The van der Waals surface area contributed by atoms with Crippen molar-refractivity contribution in [3.05, 3.63) is 28.2 Å². The molecule has 1 heterocycles. The molecule has 1 saturated carbocycles. The number of rotatable bonds is 3. The first-order chi connectivity index (χ1) is 9.72. The van der Waals surface area contributed by atoms with E-state index in [1.54, 1.807) is 6.07 Å². The van der Waals surface area contributed by atoms with Crippen LogP contribution < -0.4 is 0 Å². The van der Waals surface area contributed by atoms with Gasteiger partial charge in [-0.3, -0.25) is 0 Å². The number of benzene rings is 1. The van der Waals surface area contributed by atoms with Crippen molar-refractivity contribution >= 4 is 45.8 Å². The molecule has 0 amide bonds. The predicted molar refractivity (Wildman–Crippen MR) is 89.5 cm³/mol. The molecule has 2 nitrogen and oxygen atoms in total. The van der Waals surface area contributed by atoms with Crippen molar-refractivity contribution in [3.63, 3.8) is 0 Å².